The van der Waals surface area contributed by atoms with Crippen molar-refractivity contribution < 1.29 is 0 Å². The Kier molecular flexibility index (Phi) is 4.84. The van der Waals surface area contributed by atoms with E-state index in [2.05, 4.69) is 44.9 Å². The predicted molar refractivity (Wildman–Crippen MR) is 76.4 cm³/mol. The topological polar surface area (TPSA) is 16.1 Å². The molecule has 0 bridgehead atoms. The third kappa shape index (κ3) is 3.70. The summed E-state index contributed by atoms with van der Waals surface area (Å²) in [5.74, 6) is 2.06. The van der Waals surface area contributed by atoms with Crippen LogP contribution in [0.5, 0.6) is 0 Å². The van der Waals surface area contributed by atoms with Gasteiger partial charge in [0.05, 0.1) is 0 Å². The molecule has 0 saturated carbocycles. The van der Waals surface area contributed by atoms with E-state index in [1.54, 1.807) is 0 Å². The fraction of sp³-hybridized carbons (Fsp3) is 0.643. The smallest absolute Gasteiger partial charge is 0.128 e. The van der Waals surface area contributed by atoms with Gasteiger partial charge < -0.3 is 4.90 Å². The Bertz CT molecular complexity index is 337. The second kappa shape index (κ2) is 6.39. The van der Waals surface area contributed by atoms with E-state index < -0.39 is 0 Å². The van der Waals surface area contributed by atoms with Crippen molar-refractivity contribution in [3.63, 3.8) is 0 Å². The molecule has 17 heavy (non-hydrogen) atoms. The van der Waals surface area contributed by atoms with Crippen LogP contribution in [0.1, 0.15) is 39.0 Å². The summed E-state index contributed by atoms with van der Waals surface area (Å²) in [6.45, 7) is 4.62. The molecular formula is C14H21BrN2. The number of nitrogens with zero attached hydrogens (tertiary/aromatic N) is 2. The number of aromatic nitrogens is 1. The fourth-order valence-corrected chi connectivity index (χ4v) is 2.88. The zero-order valence-electron chi connectivity index (χ0n) is 10.5. The van der Waals surface area contributed by atoms with E-state index in [9.17, 15) is 0 Å². The maximum Gasteiger partial charge on any atom is 0.128 e. The maximum absolute atomic E-state index is 4.49. The van der Waals surface area contributed by atoms with Crippen molar-refractivity contribution in [2.75, 3.05) is 18.0 Å². The van der Waals surface area contributed by atoms with Gasteiger partial charge in [0.2, 0.25) is 0 Å². The highest BCUT2D eigenvalue weighted by atomic mass is 79.9. The Morgan fingerprint density at radius 2 is 2.24 bits per heavy atom. The van der Waals surface area contributed by atoms with Crippen LogP contribution >= 0.6 is 15.9 Å². The van der Waals surface area contributed by atoms with Gasteiger partial charge in [0, 0.05) is 23.8 Å². The molecular weight excluding hydrogens is 276 g/mol. The molecule has 0 aromatic carbocycles. The van der Waals surface area contributed by atoms with Gasteiger partial charge in [0.25, 0.3) is 0 Å². The lowest BCUT2D eigenvalue weighted by Crippen LogP contribution is -2.25. The van der Waals surface area contributed by atoms with Crippen LogP contribution in [0.3, 0.4) is 0 Å². The molecule has 0 amide bonds. The van der Waals surface area contributed by atoms with E-state index in [-0.39, 0.29) is 0 Å². The first-order valence-electron chi connectivity index (χ1n) is 6.66. The number of pyridine rings is 1. The van der Waals surface area contributed by atoms with E-state index in [0.29, 0.717) is 0 Å². The van der Waals surface area contributed by atoms with Crippen molar-refractivity contribution >= 4 is 21.7 Å². The Morgan fingerprint density at radius 1 is 1.35 bits per heavy atom. The summed E-state index contributed by atoms with van der Waals surface area (Å²) in [6, 6.07) is 4.20. The van der Waals surface area contributed by atoms with Crippen molar-refractivity contribution in [3.8, 4) is 0 Å². The summed E-state index contributed by atoms with van der Waals surface area (Å²) >= 11 is 3.43. The Labute approximate surface area is 113 Å². The van der Waals surface area contributed by atoms with E-state index >= 15 is 0 Å². The highest BCUT2D eigenvalue weighted by Crippen LogP contribution is 2.24. The van der Waals surface area contributed by atoms with Crippen LogP contribution in [0, 0.1) is 5.92 Å². The molecule has 0 radical (unpaired) electrons. The van der Waals surface area contributed by atoms with Crippen LogP contribution in [0.2, 0.25) is 0 Å². The number of halogens is 1. The van der Waals surface area contributed by atoms with Crippen molar-refractivity contribution in [1.29, 1.82) is 0 Å². The normalized spacial score (nSPS) is 21.3. The number of hydrogen-bond acceptors (Lipinski definition) is 2. The number of hydrogen-bond donors (Lipinski definition) is 0. The predicted octanol–water partition coefficient (Wildman–Crippen LogP) is 4.25. The first-order valence-corrected chi connectivity index (χ1v) is 7.45. The minimum atomic E-state index is 0.931. The summed E-state index contributed by atoms with van der Waals surface area (Å²) in [5.41, 5.74) is 0. The van der Waals surface area contributed by atoms with Gasteiger partial charge in [0.15, 0.2) is 0 Å². The molecule has 2 heterocycles. The molecule has 1 aliphatic rings. The quantitative estimate of drug-likeness (QED) is 0.829. The van der Waals surface area contributed by atoms with Crippen molar-refractivity contribution in [2.45, 2.75) is 39.0 Å². The second-order valence-electron chi connectivity index (χ2n) is 4.91. The van der Waals surface area contributed by atoms with E-state index in [1.807, 2.05) is 6.20 Å². The summed E-state index contributed by atoms with van der Waals surface area (Å²) in [4.78, 5) is 6.93. The van der Waals surface area contributed by atoms with Gasteiger partial charge in [0.1, 0.15) is 5.82 Å². The van der Waals surface area contributed by atoms with E-state index in [4.69, 9.17) is 0 Å². The average Bonchev–Trinajstić information content (AvgIpc) is 2.56. The lowest BCUT2D eigenvalue weighted by molar-refractivity contribution is 0.435. The summed E-state index contributed by atoms with van der Waals surface area (Å²) in [5, 5.41) is 0. The third-order valence-electron chi connectivity index (χ3n) is 3.58. The molecule has 1 aromatic heterocycles. The monoisotopic (exact) mass is 296 g/mol. The van der Waals surface area contributed by atoms with Gasteiger partial charge in [-0.3, -0.25) is 0 Å². The maximum atomic E-state index is 4.49. The highest BCUT2D eigenvalue weighted by molar-refractivity contribution is 9.10. The van der Waals surface area contributed by atoms with Crippen molar-refractivity contribution in [2.24, 2.45) is 5.92 Å². The SMILES string of the molecule is CCCC1CCCN(c2ccc(Br)cn2)CC1. The lowest BCUT2D eigenvalue weighted by atomic mass is 9.96. The third-order valence-corrected chi connectivity index (χ3v) is 4.05. The van der Waals surface area contributed by atoms with E-state index in [1.165, 1.54) is 38.6 Å². The number of anilines is 1. The summed E-state index contributed by atoms with van der Waals surface area (Å²) < 4.78 is 1.06. The van der Waals surface area contributed by atoms with Gasteiger partial charge in [-0.15, -0.1) is 0 Å². The zero-order chi connectivity index (χ0) is 12.1. The molecule has 1 atom stereocenters. The molecule has 1 aromatic rings. The van der Waals surface area contributed by atoms with Crippen LogP contribution in [0.25, 0.3) is 0 Å². The number of rotatable bonds is 3. The van der Waals surface area contributed by atoms with Gasteiger partial charge in [-0.2, -0.15) is 0 Å². The van der Waals surface area contributed by atoms with Gasteiger partial charge >= 0.3 is 0 Å². The minimum absolute atomic E-state index is 0.931. The zero-order valence-corrected chi connectivity index (χ0v) is 12.1. The molecule has 1 aliphatic heterocycles. The molecule has 2 rings (SSSR count). The van der Waals surface area contributed by atoms with Crippen molar-refractivity contribution in [3.05, 3.63) is 22.8 Å². The molecule has 1 saturated heterocycles. The highest BCUT2D eigenvalue weighted by Gasteiger charge is 2.17. The molecule has 0 spiro atoms. The largest absolute Gasteiger partial charge is 0.357 e. The average molecular weight is 297 g/mol. The van der Waals surface area contributed by atoms with Gasteiger partial charge in [-0.1, -0.05) is 19.8 Å². The fourth-order valence-electron chi connectivity index (χ4n) is 2.65. The van der Waals surface area contributed by atoms with Crippen LogP contribution in [-0.4, -0.2) is 18.1 Å². The van der Waals surface area contributed by atoms with Crippen LogP contribution in [0.15, 0.2) is 22.8 Å². The van der Waals surface area contributed by atoms with Gasteiger partial charge in [-0.05, 0) is 53.2 Å². The molecule has 94 valence electrons. The first-order chi connectivity index (χ1) is 8.29. The first kappa shape index (κ1) is 12.9. The molecule has 1 fully saturated rings. The molecule has 2 nitrogen and oxygen atoms in total. The molecule has 0 N–H and O–H groups in total. The van der Waals surface area contributed by atoms with Crippen LogP contribution in [-0.2, 0) is 0 Å². The Hall–Kier alpha value is -0.570. The molecule has 1 unspecified atom stereocenters. The van der Waals surface area contributed by atoms with Crippen LogP contribution < -0.4 is 4.90 Å². The van der Waals surface area contributed by atoms with Crippen molar-refractivity contribution in [1.82, 2.24) is 4.98 Å². The van der Waals surface area contributed by atoms with Crippen LogP contribution in [0.4, 0.5) is 5.82 Å². The van der Waals surface area contributed by atoms with Gasteiger partial charge in [-0.25, -0.2) is 4.98 Å². The summed E-state index contributed by atoms with van der Waals surface area (Å²) in [7, 11) is 0. The van der Waals surface area contributed by atoms with E-state index in [0.717, 1.165) is 22.8 Å². The summed E-state index contributed by atoms with van der Waals surface area (Å²) in [6.07, 6.45) is 8.63. The lowest BCUT2D eigenvalue weighted by Gasteiger charge is -2.21. The Morgan fingerprint density at radius 3 is 2.94 bits per heavy atom. The standard InChI is InChI=1S/C14H21BrN2/c1-2-4-12-5-3-9-17(10-8-12)14-7-6-13(15)11-16-14/h6-7,11-12H,2-5,8-10H2,1H3. The molecule has 0 aliphatic carbocycles. The molecule has 3 heteroatoms. The second-order valence-corrected chi connectivity index (χ2v) is 5.82. The Balaban J connectivity index is 1.96. The minimum Gasteiger partial charge on any atom is -0.357 e.